The van der Waals surface area contributed by atoms with Gasteiger partial charge in [-0.15, -0.1) is 0 Å². The number of amides is 3. The quantitative estimate of drug-likeness (QED) is 0.651. The zero-order valence-corrected chi connectivity index (χ0v) is 8.89. The minimum absolute atomic E-state index is 0.178. The zero-order valence-electron chi connectivity index (χ0n) is 8.89. The molecule has 0 aromatic carbocycles. The summed E-state index contributed by atoms with van der Waals surface area (Å²) in [4.78, 5) is 36.6. The number of imide groups is 1. The summed E-state index contributed by atoms with van der Waals surface area (Å²) in [7, 11) is 0. The molecule has 2 heterocycles. The van der Waals surface area contributed by atoms with E-state index in [1.54, 1.807) is 0 Å². The Kier molecular flexibility index (Phi) is 2.80. The molecule has 0 radical (unpaired) electrons. The van der Waals surface area contributed by atoms with Gasteiger partial charge in [0, 0.05) is 19.5 Å². The number of hydrogen-bond acceptors (Lipinski definition) is 3. The van der Waals surface area contributed by atoms with Gasteiger partial charge in [-0.1, -0.05) is 0 Å². The van der Waals surface area contributed by atoms with E-state index in [0.29, 0.717) is 38.8 Å². The molecule has 3 amide bonds. The van der Waals surface area contributed by atoms with Crippen LogP contribution in [0.3, 0.4) is 0 Å². The summed E-state index contributed by atoms with van der Waals surface area (Å²) in [5.41, 5.74) is 0. The second-order valence-electron chi connectivity index (χ2n) is 4.12. The molecule has 0 spiro atoms. The first kappa shape index (κ1) is 10.9. The van der Waals surface area contributed by atoms with Crippen molar-refractivity contribution in [2.75, 3.05) is 13.1 Å². The van der Waals surface area contributed by atoms with Crippen LogP contribution in [0.1, 0.15) is 25.7 Å². The van der Waals surface area contributed by atoms with E-state index in [4.69, 9.17) is 5.11 Å². The van der Waals surface area contributed by atoms with Gasteiger partial charge >= 0.3 is 6.09 Å². The molecule has 0 aliphatic carbocycles. The van der Waals surface area contributed by atoms with Crippen molar-refractivity contribution in [3.63, 3.8) is 0 Å². The van der Waals surface area contributed by atoms with Gasteiger partial charge in [0.1, 0.15) is 6.04 Å². The Morgan fingerprint density at radius 2 is 2.00 bits per heavy atom. The standard InChI is InChI=1S/C10H14N2O4/c13-8-4-2-6-12(8)9(14)7-3-1-5-11(7)10(15)16/h7H,1-6H2,(H,15,16)/t7-/m0/s1. The Labute approximate surface area is 92.8 Å². The lowest BCUT2D eigenvalue weighted by Crippen LogP contribution is -2.47. The van der Waals surface area contributed by atoms with Crippen LogP contribution < -0.4 is 0 Å². The van der Waals surface area contributed by atoms with Crippen LogP contribution >= 0.6 is 0 Å². The molecule has 0 unspecified atom stereocenters. The summed E-state index contributed by atoms with van der Waals surface area (Å²) in [5.74, 6) is -0.523. The fourth-order valence-corrected chi connectivity index (χ4v) is 2.31. The summed E-state index contributed by atoms with van der Waals surface area (Å²) in [6, 6.07) is -0.653. The molecular weight excluding hydrogens is 212 g/mol. The minimum atomic E-state index is -1.08. The molecule has 1 atom stereocenters. The maximum absolute atomic E-state index is 12.0. The Bertz CT molecular complexity index is 342. The van der Waals surface area contributed by atoms with E-state index >= 15 is 0 Å². The molecule has 0 bridgehead atoms. The number of carbonyl (C=O) groups excluding carboxylic acids is 2. The van der Waals surface area contributed by atoms with Crippen LogP contribution in [-0.2, 0) is 9.59 Å². The van der Waals surface area contributed by atoms with Crippen molar-refractivity contribution in [3.05, 3.63) is 0 Å². The Morgan fingerprint density at radius 3 is 2.56 bits per heavy atom. The Balaban J connectivity index is 2.09. The molecule has 2 rings (SSSR count). The topological polar surface area (TPSA) is 77.9 Å². The fourth-order valence-electron chi connectivity index (χ4n) is 2.31. The first-order valence-electron chi connectivity index (χ1n) is 5.45. The molecule has 88 valence electrons. The van der Waals surface area contributed by atoms with Crippen molar-refractivity contribution in [2.45, 2.75) is 31.7 Å². The predicted molar refractivity (Wildman–Crippen MR) is 53.7 cm³/mol. The molecule has 2 fully saturated rings. The molecule has 16 heavy (non-hydrogen) atoms. The lowest BCUT2D eigenvalue weighted by Gasteiger charge is -2.24. The number of likely N-dealkylation sites (tertiary alicyclic amines) is 2. The first-order chi connectivity index (χ1) is 7.61. The van der Waals surface area contributed by atoms with Crippen molar-refractivity contribution in [3.8, 4) is 0 Å². The summed E-state index contributed by atoms with van der Waals surface area (Å²) in [6.45, 7) is 0.815. The average Bonchev–Trinajstić information content (AvgIpc) is 2.84. The molecule has 2 aliphatic heterocycles. The average molecular weight is 226 g/mol. The molecule has 0 saturated carbocycles. The van der Waals surface area contributed by atoms with E-state index in [0.717, 1.165) is 4.90 Å². The predicted octanol–water partition coefficient (Wildman–Crippen LogP) is 0.278. The van der Waals surface area contributed by atoms with Gasteiger partial charge in [-0.05, 0) is 19.3 Å². The van der Waals surface area contributed by atoms with E-state index in [1.165, 1.54) is 4.90 Å². The highest BCUT2D eigenvalue weighted by Crippen LogP contribution is 2.21. The van der Waals surface area contributed by atoms with Gasteiger partial charge in [0.15, 0.2) is 0 Å². The van der Waals surface area contributed by atoms with E-state index in [-0.39, 0.29) is 11.8 Å². The van der Waals surface area contributed by atoms with Crippen molar-refractivity contribution in [1.29, 1.82) is 0 Å². The smallest absolute Gasteiger partial charge is 0.407 e. The molecule has 2 aliphatic rings. The SMILES string of the molecule is O=C1CCCN1C(=O)[C@@H]1CCCN1C(=O)O. The van der Waals surface area contributed by atoms with Gasteiger partial charge in [0.2, 0.25) is 5.91 Å². The minimum Gasteiger partial charge on any atom is -0.465 e. The second kappa shape index (κ2) is 4.11. The molecule has 0 aromatic heterocycles. The third-order valence-electron chi connectivity index (χ3n) is 3.12. The van der Waals surface area contributed by atoms with E-state index in [2.05, 4.69) is 0 Å². The van der Waals surface area contributed by atoms with Gasteiger partial charge in [-0.3, -0.25) is 19.4 Å². The largest absolute Gasteiger partial charge is 0.465 e. The van der Waals surface area contributed by atoms with Crippen molar-refractivity contribution in [1.82, 2.24) is 9.80 Å². The van der Waals surface area contributed by atoms with Gasteiger partial charge in [0.25, 0.3) is 5.91 Å². The van der Waals surface area contributed by atoms with Crippen LogP contribution in [-0.4, -0.2) is 51.9 Å². The van der Waals surface area contributed by atoms with Crippen LogP contribution in [0.15, 0.2) is 0 Å². The fraction of sp³-hybridized carbons (Fsp3) is 0.700. The maximum Gasteiger partial charge on any atom is 0.407 e. The Morgan fingerprint density at radius 1 is 1.25 bits per heavy atom. The monoisotopic (exact) mass is 226 g/mol. The van der Waals surface area contributed by atoms with Crippen LogP contribution in [0.4, 0.5) is 4.79 Å². The normalized spacial score (nSPS) is 25.2. The van der Waals surface area contributed by atoms with Gasteiger partial charge in [-0.25, -0.2) is 4.79 Å². The number of carbonyl (C=O) groups is 3. The van der Waals surface area contributed by atoms with E-state index in [9.17, 15) is 14.4 Å². The summed E-state index contributed by atoms with van der Waals surface area (Å²) in [5, 5.41) is 8.91. The van der Waals surface area contributed by atoms with Crippen LogP contribution in [0.25, 0.3) is 0 Å². The van der Waals surface area contributed by atoms with Gasteiger partial charge in [0.05, 0.1) is 0 Å². The Hall–Kier alpha value is -1.59. The molecule has 0 aromatic rings. The summed E-state index contributed by atoms with van der Waals surface area (Å²) in [6.07, 6.45) is 1.21. The highest BCUT2D eigenvalue weighted by Gasteiger charge is 2.39. The third kappa shape index (κ3) is 1.75. The van der Waals surface area contributed by atoms with Crippen molar-refractivity contribution < 1.29 is 19.5 Å². The number of carboxylic acid groups (broad SMARTS) is 1. The maximum atomic E-state index is 12.0. The first-order valence-corrected chi connectivity index (χ1v) is 5.45. The van der Waals surface area contributed by atoms with Crippen molar-refractivity contribution in [2.24, 2.45) is 0 Å². The van der Waals surface area contributed by atoms with Crippen LogP contribution in [0.2, 0.25) is 0 Å². The molecule has 6 heteroatoms. The number of nitrogens with zero attached hydrogens (tertiary/aromatic N) is 2. The van der Waals surface area contributed by atoms with Crippen molar-refractivity contribution >= 4 is 17.9 Å². The van der Waals surface area contributed by atoms with Crippen LogP contribution in [0.5, 0.6) is 0 Å². The lowest BCUT2D eigenvalue weighted by molar-refractivity contribution is -0.144. The highest BCUT2D eigenvalue weighted by atomic mass is 16.4. The molecular formula is C10H14N2O4. The van der Waals surface area contributed by atoms with E-state index in [1.807, 2.05) is 0 Å². The second-order valence-corrected chi connectivity index (χ2v) is 4.12. The van der Waals surface area contributed by atoms with Crippen LogP contribution in [0, 0.1) is 0 Å². The van der Waals surface area contributed by atoms with Gasteiger partial charge < -0.3 is 5.11 Å². The lowest BCUT2D eigenvalue weighted by atomic mass is 10.2. The molecule has 1 N–H and O–H groups in total. The molecule has 2 saturated heterocycles. The number of hydrogen-bond donors (Lipinski definition) is 1. The van der Waals surface area contributed by atoms with Gasteiger partial charge in [-0.2, -0.15) is 0 Å². The highest BCUT2D eigenvalue weighted by molar-refractivity contribution is 6.00. The third-order valence-corrected chi connectivity index (χ3v) is 3.12. The zero-order chi connectivity index (χ0) is 11.7. The number of rotatable bonds is 1. The summed E-state index contributed by atoms with van der Waals surface area (Å²) >= 11 is 0. The molecule has 6 nitrogen and oxygen atoms in total. The van der Waals surface area contributed by atoms with E-state index < -0.39 is 12.1 Å². The summed E-state index contributed by atoms with van der Waals surface area (Å²) < 4.78 is 0.